The Kier molecular flexibility index (Phi) is 5.11. The van der Waals surface area contributed by atoms with Crippen LogP contribution < -0.4 is 15.5 Å². The minimum Gasteiger partial charge on any atom is -0.355 e. The van der Waals surface area contributed by atoms with Gasteiger partial charge in [0.15, 0.2) is 5.65 Å². The lowest BCUT2D eigenvalue weighted by Crippen LogP contribution is -2.44. The quantitative estimate of drug-likeness (QED) is 0.789. The Labute approximate surface area is 145 Å². The summed E-state index contributed by atoms with van der Waals surface area (Å²) in [5, 5.41) is 17.7. The van der Waals surface area contributed by atoms with Crippen molar-refractivity contribution in [2.24, 2.45) is 5.92 Å². The summed E-state index contributed by atoms with van der Waals surface area (Å²) in [7, 11) is 0. The first kappa shape index (κ1) is 17.1. The van der Waals surface area contributed by atoms with Crippen molar-refractivity contribution in [3.05, 3.63) is 18.5 Å². The second-order valence-electron chi connectivity index (χ2n) is 6.53. The zero-order valence-electron chi connectivity index (χ0n) is 14.5. The molecule has 0 unspecified atom stereocenters. The molecule has 134 valence electrons. The summed E-state index contributed by atoms with van der Waals surface area (Å²) in [5.41, 5.74) is 0.706. The number of fused-ring (bicyclic) bond motifs is 1. The molecule has 2 amide bonds. The van der Waals surface area contributed by atoms with Crippen molar-refractivity contribution in [2.75, 3.05) is 24.5 Å². The number of carbonyl (C=O) groups excluding carboxylic acids is 2. The van der Waals surface area contributed by atoms with E-state index in [9.17, 15) is 9.59 Å². The lowest BCUT2D eigenvalue weighted by molar-refractivity contribution is -0.129. The molecule has 2 N–H and O–H groups in total. The molecule has 9 nitrogen and oxygen atoms in total. The predicted octanol–water partition coefficient (Wildman–Crippen LogP) is -0.0185. The molecule has 2 aromatic heterocycles. The van der Waals surface area contributed by atoms with Crippen molar-refractivity contribution in [3.8, 4) is 0 Å². The first-order valence-electron chi connectivity index (χ1n) is 8.52. The number of carbonyl (C=O) groups is 2. The molecule has 0 spiro atoms. The van der Waals surface area contributed by atoms with E-state index in [4.69, 9.17) is 0 Å². The van der Waals surface area contributed by atoms with E-state index >= 15 is 0 Å². The monoisotopic (exact) mass is 345 g/mol. The van der Waals surface area contributed by atoms with Gasteiger partial charge in [0.1, 0.15) is 12.1 Å². The summed E-state index contributed by atoms with van der Waals surface area (Å²) in [5.74, 6) is 0.567. The van der Waals surface area contributed by atoms with Crippen LogP contribution in [0.1, 0.15) is 26.7 Å². The molecule has 2 aromatic rings. The summed E-state index contributed by atoms with van der Waals surface area (Å²) < 4.78 is 1.64. The molecular weight excluding hydrogens is 322 g/mol. The van der Waals surface area contributed by atoms with Gasteiger partial charge in [-0.2, -0.15) is 4.52 Å². The molecular formula is C16H23N7O2. The zero-order valence-corrected chi connectivity index (χ0v) is 14.5. The van der Waals surface area contributed by atoms with Crippen molar-refractivity contribution in [1.82, 2.24) is 30.4 Å². The number of aromatic nitrogens is 4. The van der Waals surface area contributed by atoms with Gasteiger partial charge in [-0.05, 0) is 38.8 Å². The van der Waals surface area contributed by atoms with Crippen LogP contribution in [0.3, 0.4) is 0 Å². The third-order valence-corrected chi connectivity index (χ3v) is 4.21. The van der Waals surface area contributed by atoms with Gasteiger partial charge in [-0.1, -0.05) is 0 Å². The molecule has 0 atom stereocenters. The van der Waals surface area contributed by atoms with Crippen molar-refractivity contribution < 1.29 is 9.59 Å². The number of amides is 2. The Hall–Kier alpha value is -2.71. The fourth-order valence-electron chi connectivity index (χ4n) is 2.94. The molecule has 1 saturated heterocycles. The van der Waals surface area contributed by atoms with Crippen LogP contribution in [0.2, 0.25) is 0 Å². The van der Waals surface area contributed by atoms with Gasteiger partial charge in [0.25, 0.3) is 0 Å². The summed E-state index contributed by atoms with van der Waals surface area (Å²) in [6.07, 6.45) is 3.04. The lowest BCUT2D eigenvalue weighted by atomic mass is 9.96. The SMILES string of the molecule is CC(C)NC(=O)CNC(=O)C1CCN(c2ccc3nncn3n2)CC1. The molecule has 3 rings (SSSR count). The third-order valence-electron chi connectivity index (χ3n) is 4.21. The molecule has 0 aliphatic carbocycles. The highest BCUT2D eigenvalue weighted by Crippen LogP contribution is 2.21. The number of rotatable bonds is 5. The summed E-state index contributed by atoms with van der Waals surface area (Å²) in [4.78, 5) is 26.0. The van der Waals surface area contributed by atoms with Gasteiger partial charge in [-0.15, -0.1) is 15.3 Å². The molecule has 1 fully saturated rings. The van der Waals surface area contributed by atoms with E-state index in [0.717, 1.165) is 31.7 Å². The van der Waals surface area contributed by atoms with Crippen LogP contribution in [0.15, 0.2) is 18.5 Å². The zero-order chi connectivity index (χ0) is 17.8. The van der Waals surface area contributed by atoms with Crippen LogP contribution in [0.5, 0.6) is 0 Å². The van der Waals surface area contributed by atoms with Gasteiger partial charge in [-0.25, -0.2) is 0 Å². The molecule has 0 aromatic carbocycles. The Balaban J connectivity index is 1.49. The van der Waals surface area contributed by atoms with Crippen molar-refractivity contribution in [1.29, 1.82) is 0 Å². The first-order chi connectivity index (χ1) is 12.0. The number of anilines is 1. The standard InChI is InChI=1S/C16H23N7O2/c1-11(2)19-15(24)9-17-16(25)12-5-7-22(8-6-12)14-4-3-13-20-18-10-23(13)21-14/h3-4,10-12H,5-9H2,1-2H3,(H,17,25)(H,19,24). The highest BCUT2D eigenvalue weighted by Gasteiger charge is 2.26. The minimum atomic E-state index is -0.160. The van der Waals surface area contributed by atoms with E-state index in [1.807, 2.05) is 26.0 Å². The van der Waals surface area contributed by atoms with E-state index < -0.39 is 0 Å². The second kappa shape index (κ2) is 7.45. The van der Waals surface area contributed by atoms with Crippen LogP contribution >= 0.6 is 0 Å². The fourth-order valence-corrected chi connectivity index (χ4v) is 2.94. The van der Waals surface area contributed by atoms with Crippen molar-refractivity contribution in [3.63, 3.8) is 0 Å². The van der Waals surface area contributed by atoms with Gasteiger partial charge in [0, 0.05) is 25.0 Å². The molecule has 9 heteroatoms. The topological polar surface area (TPSA) is 105 Å². The summed E-state index contributed by atoms with van der Waals surface area (Å²) in [6.45, 7) is 5.30. The molecule has 0 radical (unpaired) electrons. The van der Waals surface area contributed by atoms with Crippen LogP contribution in [0.25, 0.3) is 5.65 Å². The molecule has 0 saturated carbocycles. The van der Waals surface area contributed by atoms with Gasteiger partial charge in [-0.3, -0.25) is 9.59 Å². The van der Waals surface area contributed by atoms with Crippen LogP contribution in [-0.4, -0.2) is 57.3 Å². The molecule has 1 aliphatic heterocycles. The van der Waals surface area contributed by atoms with E-state index in [1.54, 1.807) is 10.8 Å². The molecule has 3 heterocycles. The number of hydrogen-bond acceptors (Lipinski definition) is 6. The van der Waals surface area contributed by atoms with Crippen LogP contribution in [0.4, 0.5) is 5.82 Å². The fraction of sp³-hybridized carbons (Fsp3) is 0.562. The van der Waals surface area contributed by atoms with E-state index in [2.05, 4.69) is 30.8 Å². The first-order valence-corrected chi connectivity index (χ1v) is 8.52. The molecule has 1 aliphatic rings. The normalized spacial score (nSPS) is 15.6. The Bertz CT molecular complexity index is 750. The highest BCUT2D eigenvalue weighted by atomic mass is 16.2. The van der Waals surface area contributed by atoms with E-state index in [1.165, 1.54) is 0 Å². The van der Waals surface area contributed by atoms with Gasteiger partial charge < -0.3 is 15.5 Å². The lowest BCUT2D eigenvalue weighted by Gasteiger charge is -2.31. The third kappa shape index (κ3) is 4.23. The average molecular weight is 345 g/mol. The predicted molar refractivity (Wildman–Crippen MR) is 92.0 cm³/mol. The molecule has 0 bridgehead atoms. The number of nitrogens with one attached hydrogen (secondary N) is 2. The number of nitrogens with zero attached hydrogens (tertiary/aromatic N) is 5. The molecule has 25 heavy (non-hydrogen) atoms. The summed E-state index contributed by atoms with van der Waals surface area (Å²) >= 11 is 0. The van der Waals surface area contributed by atoms with Crippen molar-refractivity contribution in [2.45, 2.75) is 32.7 Å². The smallest absolute Gasteiger partial charge is 0.239 e. The number of piperidine rings is 1. The maximum atomic E-state index is 12.2. The van der Waals surface area contributed by atoms with Crippen LogP contribution in [0, 0.1) is 5.92 Å². The summed E-state index contributed by atoms with van der Waals surface area (Å²) in [6, 6.07) is 3.87. The maximum absolute atomic E-state index is 12.2. The largest absolute Gasteiger partial charge is 0.355 e. The average Bonchev–Trinajstić information content (AvgIpc) is 3.07. The number of hydrogen-bond donors (Lipinski definition) is 2. The second-order valence-corrected chi connectivity index (χ2v) is 6.53. The minimum absolute atomic E-state index is 0.0308. The Morgan fingerprint density at radius 1 is 1.28 bits per heavy atom. The van der Waals surface area contributed by atoms with E-state index in [0.29, 0.717) is 5.65 Å². The van der Waals surface area contributed by atoms with E-state index in [-0.39, 0.29) is 30.3 Å². The van der Waals surface area contributed by atoms with Gasteiger partial charge in [0.2, 0.25) is 11.8 Å². The van der Waals surface area contributed by atoms with Crippen molar-refractivity contribution >= 4 is 23.3 Å². The maximum Gasteiger partial charge on any atom is 0.239 e. The van der Waals surface area contributed by atoms with Gasteiger partial charge >= 0.3 is 0 Å². The van der Waals surface area contributed by atoms with Gasteiger partial charge in [0.05, 0.1) is 6.54 Å². The Morgan fingerprint density at radius 3 is 2.76 bits per heavy atom. The van der Waals surface area contributed by atoms with Crippen LogP contribution in [-0.2, 0) is 9.59 Å². The Morgan fingerprint density at radius 2 is 2.04 bits per heavy atom. The highest BCUT2D eigenvalue weighted by molar-refractivity contribution is 5.86.